The number of rotatable bonds is 5. The molecular weight excluding hydrogens is 545 g/mol. The number of hydrogen-bond donors (Lipinski definition) is 1. The normalized spacial score (nSPS) is 13.4. The summed E-state index contributed by atoms with van der Waals surface area (Å²) >= 11 is 0. The van der Waals surface area contributed by atoms with Crippen molar-refractivity contribution in [2.75, 3.05) is 20.3 Å². The van der Waals surface area contributed by atoms with E-state index in [4.69, 9.17) is 9.47 Å². The molecule has 2 heterocycles. The Morgan fingerprint density at radius 2 is 1.76 bits per heavy atom. The quantitative estimate of drug-likeness (QED) is 0.297. The highest BCUT2D eigenvalue weighted by molar-refractivity contribution is 7.91. The second kappa shape index (κ2) is 10.4. The number of halogens is 1. The van der Waals surface area contributed by atoms with E-state index in [0.717, 1.165) is 45.7 Å². The minimum Gasteiger partial charge on any atom is -0.495 e. The van der Waals surface area contributed by atoms with Crippen molar-refractivity contribution in [3.05, 3.63) is 102 Å². The molecule has 1 aromatic heterocycles. The third-order valence-corrected chi connectivity index (χ3v) is 8.88. The zero-order valence-electron chi connectivity index (χ0n) is 22.3. The number of fused-ring (bicyclic) bond motifs is 2. The number of amides is 1. The first-order valence-corrected chi connectivity index (χ1v) is 14.4. The average molecular weight is 572 g/mol. The molecule has 0 saturated carbocycles. The van der Waals surface area contributed by atoms with Crippen molar-refractivity contribution in [1.29, 1.82) is 0 Å². The molecule has 1 aliphatic rings. The average Bonchev–Trinajstić information content (AvgIpc) is 3.22. The fourth-order valence-electron chi connectivity index (χ4n) is 5.01. The molecule has 6 rings (SSSR count). The number of aryl methyl sites for hydroxylation is 1. The maximum absolute atomic E-state index is 13.8. The number of aromatic nitrogens is 2. The predicted molar refractivity (Wildman–Crippen MR) is 151 cm³/mol. The largest absolute Gasteiger partial charge is 0.495 e. The van der Waals surface area contributed by atoms with E-state index in [-0.39, 0.29) is 21.4 Å². The van der Waals surface area contributed by atoms with Crippen LogP contribution < -0.4 is 9.47 Å². The maximum Gasteiger partial charge on any atom is 0.254 e. The van der Waals surface area contributed by atoms with Crippen LogP contribution in [0.4, 0.5) is 4.39 Å². The second-order valence-corrected chi connectivity index (χ2v) is 11.7. The van der Waals surface area contributed by atoms with Crippen LogP contribution in [0.5, 0.6) is 11.5 Å². The standard InChI is InChI=1S/C31H26FN3O5S/c1-19-33-26-10-5-22(16-27(26)34-19)21-6-11-28-23(15-21)18-35(13-14-40-28)31(36)20-3-8-25(9-4-20)41(37,38)30-17-24(32)7-12-29(30)39-2/h3-12,15-17H,13-14,18H2,1-2H3,(H,33,34). The van der Waals surface area contributed by atoms with Gasteiger partial charge in [-0.25, -0.2) is 17.8 Å². The Kier molecular flexibility index (Phi) is 6.70. The molecule has 0 bridgehead atoms. The van der Waals surface area contributed by atoms with Gasteiger partial charge in [0.25, 0.3) is 5.91 Å². The number of carbonyl (C=O) groups excluding carboxylic acids is 1. The van der Waals surface area contributed by atoms with E-state index in [9.17, 15) is 17.6 Å². The third kappa shape index (κ3) is 5.02. The van der Waals surface area contributed by atoms with Crippen molar-refractivity contribution < 1.29 is 27.1 Å². The third-order valence-electron chi connectivity index (χ3n) is 7.09. The summed E-state index contributed by atoms with van der Waals surface area (Å²) in [6.07, 6.45) is 0. The first kappa shape index (κ1) is 26.5. The molecule has 0 spiro atoms. The lowest BCUT2D eigenvalue weighted by molar-refractivity contribution is 0.0733. The fraction of sp³-hybridized carbons (Fsp3) is 0.161. The van der Waals surface area contributed by atoms with Crippen molar-refractivity contribution >= 4 is 26.8 Å². The number of benzene rings is 4. The van der Waals surface area contributed by atoms with E-state index in [0.29, 0.717) is 31.0 Å². The number of sulfone groups is 1. The van der Waals surface area contributed by atoms with Crippen LogP contribution >= 0.6 is 0 Å². The Morgan fingerprint density at radius 3 is 2.54 bits per heavy atom. The summed E-state index contributed by atoms with van der Waals surface area (Å²) in [5.74, 6) is 0.649. The summed E-state index contributed by atoms with van der Waals surface area (Å²) in [5, 5.41) is 0. The minimum absolute atomic E-state index is 0.0359. The van der Waals surface area contributed by atoms with Gasteiger partial charge >= 0.3 is 0 Å². The van der Waals surface area contributed by atoms with Crippen LogP contribution in [0.3, 0.4) is 0 Å². The van der Waals surface area contributed by atoms with Gasteiger partial charge in [0.2, 0.25) is 9.84 Å². The molecule has 0 radical (unpaired) electrons. The zero-order valence-corrected chi connectivity index (χ0v) is 23.2. The van der Waals surface area contributed by atoms with Crippen molar-refractivity contribution in [3.63, 3.8) is 0 Å². The molecule has 10 heteroatoms. The Balaban J connectivity index is 1.25. The highest BCUT2D eigenvalue weighted by Crippen LogP contribution is 2.32. The van der Waals surface area contributed by atoms with Gasteiger partial charge < -0.3 is 19.4 Å². The molecule has 1 N–H and O–H groups in total. The van der Waals surface area contributed by atoms with Crippen molar-refractivity contribution in [2.24, 2.45) is 0 Å². The van der Waals surface area contributed by atoms with Crippen LogP contribution in [-0.4, -0.2) is 49.5 Å². The molecule has 0 unspecified atom stereocenters. The monoisotopic (exact) mass is 571 g/mol. The molecule has 0 fully saturated rings. The molecule has 0 saturated heterocycles. The predicted octanol–water partition coefficient (Wildman–Crippen LogP) is 5.55. The van der Waals surface area contributed by atoms with E-state index >= 15 is 0 Å². The number of nitrogens with one attached hydrogen (secondary N) is 1. The van der Waals surface area contributed by atoms with Gasteiger partial charge in [-0.05, 0) is 84.8 Å². The molecule has 0 atom stereocenters. The van der Waals surface area contributed by atoms with Gasteiger partial charge in [0, 0.05) is 17.7 Å². The second-order valence-electron chi connectivity index (χ2n) is 9.77. The fourth-order valence-corrected chi connectivity index (χ4v) is 6.44. The summed E-state index contributed by atoms with van der Waals surface area (Å²) < 4.78 is 51.3. The van der Waals surface area contributed by atoms with E-state index in [2.05, 4.69) is 9.97 Å². The topological polar surface area (TPSA) is 102 Å². The van der Waals surface area contributed by atoms with Crippen molar-refractivity contribution in [3.8, 4) is 22.6 Å². The molecule has 8 nitrogen and oxygen atoms in total. The van der Waals surface area contributed by atoms with Crippen LogP contribution in [0.1, 0.15) is 21.7 Å². The van der Waals surface area contributed by atoms with Crippen molar-refractivity contribution in [2.45, 2.75) is 23.3 Å². The Hall–Kier alpha value is -4.70. The molecule has 41 heavy (non-hydrogen) atoms. The van der Waals surface area contributed by atoms with E-state index in [1.165, 1.54) is 37.4 Å². The Labute approximate surface area is 236 Å². The highest BCUT2D eigenvalue weighted by atomic mass is 32.2. The number of nitrogens with zero attached hydrogens (tertiary/aromatic N) is 2. The summed E-state index contributed by atoms with van der Waals surface area (Å²) in [4.78, 5) is 22.5. The number of imidazole rings is 1. The summed E-state index contributed by atoms with van der Waals surface area (Å²) in [7, 11) is -2.76. The van der Waals surface area contributed by atoms with Gasteiger partial charge in [0.05, 0.1) is 29.6 Å². The van der Waals surface area contributed by atoms with E-state index < -0.39 is 15.7 Å². The Morgan fingerprint density at radius 1 is 1.00 bits per heavy atom. The van der Waals surface area contributed by atoms with Crippen molar-refractivity contribution in [1.82, 2.24) is 14.9 Å². The maximum atomic E-state index is 13.8. The van der Waals surface area contributed by atoms with Gasteiger partial charge in [-0.2, -0.15) is 0 Å². The van der Waals surface area contributed by atoms with Crippen LogP contribution in [0, 0.1) is 12.7 Å². The van der Waals surface area contributed by atoms with Crippen LogP contribution in [0.2, 0.25) is 0 Å². The highest BCUT2D eigenvalue weighted by Gasteiger charge is 2.25. The number of hydrogen-bond acceptors (Lipinski definition) is 6. The SMILES string of the molecule is COc1ccc(F)cc1S(=O)(=O)c1ccc(C(=O)N2CCOc3ccc(-c4ccc5nc(C)[nH]c5c4)cc3C2)cc1. The lowest BCUT2D eigenvalue weighted by Gasteiger charge is -2.20. The molecule has 208 valence electrons. The number of H-pyrrole nitrogens is 1. The zero-order chi connectivity index (χ0) is 28.7. The molecule has 1 aliphatic heterocycles. The summed E-state index contributed by atoms with van der Waals surface area (Å²) in [6, 6.07) is 20.9. The summed E-state index contributed by atoms with van der Waals surface area (Å²) in [6.45, 7) is 2.93. The molecular formula is C31H26FN3O5S. The first-order valence-electron chi connectivity index (χ1n) is 12.9. The number of ether oxygens (including phenoxy) is 2. The minimum atomic E-state index is -4.08. The van der Waals surface area contributed by atoms with E-state index in [1.54, 1.807) is 4.90 Å². The molecule has 4 aromatic carbocycles. The van der Waals surface area contributed by atoms with Crippen LogP contribution in [0.15, 0.2) is 88.7 Å². The molecule has 5 aromatic rings. The molecule has 0 aliphatic carbocycles. The van der Waals surface area contributed by atoms with Crippen LogP contribution in [0.25, 0.3) is 22.2 Å². The van der Waals surface area contributed by atoms with E-state index in [1.807, 2.05) is 43.3 Å². The first-order chi connectivity index (χ1) is 19.7. The van der Waals surface area contributed by atoms with Gasteiger partial charge in [0.1, 0.15) is 34.6 Å². The lowest BCUT2D eigenvalue weighted by Crippen LogP contribution is -2.32. The van der Waals surface area contributed by atoms with Gasteiger partial charge in [0.15, 0.2) is 0 Å². The molecule has 1 amide bonds. The smallest absolute Gasteiger partial charge is 0.254 e. The number of aromatic amines is 1. The summed E-state index contributed by atoms with van der Waals surface area (Å²) in [5.41, 5.74) is 5.04. The van der Waals surface area contributed by atoms with Gasteiger partial charge in [-0.1, -0.05) is 12.1 Å². The number of methoxy groups -OCH3 is 1. The van der Waals surface area contributed by atoms with Gasteiger partial charge in [-0.3, -0.25) is 4.79 Å². The number of carbonyl (C=O) groups is 1. The Bertz CT molecular complexity index is 1900. The van der Waals surface area contributed by atoms with Crippen LogP contribution in [-0.2, 0) is 16.4 Å². The lowest BCUT2D eigenvalue weighted by atomic mass is 10.0. The van der Waals surface area contributed by atoms with Gasteiger partial charge in [-0.15, -0.1) is 0 Å².